The summed E-state index contributed by atoms with van der Waals surface area (Å²) >= 11 is 2.06. The highest BCUT2D eigenvalue weighted by Gasteiger charge is 2.24. The van der Waals surface area contributed by atoms with Gasteiger partial charge in [0, 0.05) is 24.6 Å². The molecule has 3 rings (SSSR count). The van der Waals surface area contributed by atoms with E-state index in [2.05, 4.69) is 23.4 Å². The van der Waals surface area contributed by atoms with Crippen molar-refractivity contribution in [3.05, 3.63) is 11.6 Å². The lowest BCUT2D eigenvalue weighted by Crippen LogP contribution is -2.19. The van der Waals surface area contributed by atoms with E-state index in [4.69, 9.17) is 10.1 Å². The minimum atomic E-state index is 0.618. The highest BCUT2D eigenvalue weighted by Crippen LogP contribution is 2.30. The van der Waals surface area contributed by atoms with Gasteiger partial charge in [0.15, 0.2) is 5.82 Å². The van der Waals surface area contributed by atoms with Gasteiger partial charge in [-0.05, 0) is 30.9 Å². The third-order valence-corrected chi connectivity index (χ3v) is 4.85. The fourth-order valence-corrected chi connectivity index (χ4v) is 3.74. The van der Waals surface area contributed by atoms with Gasteiger partial charge >= 0.3 is 0 Å². The molecular formula is C12H19N3S. The Morgan fingerprint density at radius 1 is 1.38 bits per heavy atom. The predicted octanol–water partition coefficient (Wildman–Crippen LogP) is 2.47. The van der Waals surface area contributed by atoms with Crippen LogP contribution >= 0.6 is 11.8 Å². The summed E-state index contributed by atoms with van der Waals surface area (Å²) < 4.78 is 2.16. The van der Waals surface area contributed by atoms with Crippen molar-refractivity contribution < 1.29 is 0 Å². The summed E-state index contributed by atoms with van der Waals surface area (Å²) in [5.74, 6) is 6.27. The first kappa shape index (κ1) is 10.6. The highest BCUT2D eigenvalue weighted by molar-refractivity contribution is 7.99. The average molecular weight is 237 g/mol. The monoisotopic (exact) mass is 237 g/mol. The molecule has 0 N–H and O–H groups in total. The molecule has 2 unspecified atom stereocenters. The topological polar surface area (TPSA) is 30.7 Å². The van der Waals surface area contributed by atoms with Crippen molar-refractivity contribution in [2.45, 2.75) is 45.1 Å². The van der Waals surface area contributed by atoms with Gasteiger partial charge in [0.05, 0.1) is 0 Å². The van der Waals surface area contributed by atoms with E-state index in [1.54, 1.807) is 0 Å². The van der Waals surface area contributed by atoms with Gasteiger partial charge in [-0.2, -0.15) is 16.9 Å². The number of nitrogens with zero attached hydrogens (tertiary/aromatic N) is 3. The number of fused-ring (bicyclic) bond motifs is 1. The van der Waals surface area contributed by atoms with Gasteiger partial charge in [0.2, 0.25) is 0 Å². The van der Waals surface area contributed by atoms with Crippen molar-refractivity contribution >= 4 is 11.8 Å². The molecule has 0 bridgehead atoms. The van der Waals surface area contributed by atoms with E-state index in [1.165, 1.54) is 36.6 Å². The van der Waals surface area contributed by atoms with Gasteiger partial charge in [-0.1, -0.05) is 6.92 Å². The zero-order valence-electron chi connectivity index (χ0n) is 9.85. The fraction of sp³-hybridized carbons (Fsp3) is 0.833. The van der Waals surface area contributed by atoms with Gasteiger partial charge in [-0.3, -0.25) is 0 Å². The number of hydrogen-bond donors (Lipinski definition) is 0. The van der Waals surface area contributed by atoms with Crippen molar-refractivity contribution in [1.82, 2.24) is 14.8 Å². The number of thioether (sulfide) groups is 1. The normalized spacial score (nSPS) is 30.1. The minimum absolute atomic E-state index is 0.618. The minimum Gasteiger partial charge on any atom is -0.250 e. The van der Waals surface area contributed by atoms with Gasteiger partial charge < -0.3 is 0 Å². The van der Waals surface area contributed by atoms with Crippen molar-refractivity contribution in [3.63, 3.8) is 0 Å². The van der Waals surface area contributed by atoms with Gasteiger partial charge in [-0.15, -0.1) is 0 Å². The van der Waals surface area contributed by atoms with Crippen LogP contribution in [0.4, 0.5) is 0 Å². The molecule has 1 fully saturated rings. The maximum atomic E-state index is 4.75. The SMILES string of the molecule is CC1CCc2nc(C3CCCSC3)nn2C1. The molecule has 0 saturated carbocycles. The summed E-state index contributed by atoms with van der Waals surface area (Å²) in [4.78, 5) is 4.75. The van der Waals surface area contributed by atoms with Crippen LogP contribution in [-0.4, -0.2) is 26.3 Å². The van der Waals surface area contributed by atoms with E-state index in [-0.39, 0.29) is 0 Å². The second-order valence-electron chi connectivity index (χ2n) is 5.13. The van der Waals surface area contributed by atoms with E-state index >= 15 is 0 Å². The second kappa shape index (κ2) is 4.40. The number of rotatable bonds is 1. The van der Waals surface area contributed by atoms with Gasteiger partial charge in [-0.25, -0.2) is 9.67 Å². The first-order valence-electron chi connectivity index (χ1n) is 6.34. The quantitative estimate of drug-likeness (QED) is 0.752. The standard InChI is InChI=1S/C12H19N3S/c1-9-4-5-11-13-12(14-15(11)7-9)10-3-2-6-16-8-10/h9-10H,2-8H2,1H3. The molecule has 2 aliphatic rings. The van der Waals surface area contributed by atoms with Crippen LogP contribution < -0.4 is 0 Å². The first-order chi connectivity index (χ1) is 7.83. The van der Waals surface area contributed by atoms with Crippen molar-refractivity contribution in [3.8, 4) is 0 Å². The molecule has 0 radical (unpaired) electrons. The van der Waals surface area contributed by atoms with Crippen LogP contribution in [0.25, 0.3) is 0 Å². The highest BCUT2D eigenvalue weighted by atomic mass is 32.2. The molecule has 16 heavy (non-hydrogen) atoms. The molecular weight excluding hydrogens is 218 g/mol. The largest absolute Gasteiger partial charge is 0.250 e. The zero-order valence-corrected chi connectivity index (χ0v) is 10.7. The Kier molecular flexibility index (Phi) is 2.92. The third kappa shape index (κ3) is 1.99. The number of aromatic nitrogens is 3. The maximum absolute atomic E-state index is 4.75. The molecule has 2 aliphatic heterocycles. The Morgan fingerprint density at radius 2 is 2.31 bits per heavy atom. The Hall–Kier alpha value is -0.510. The van der Waals surface area contributed by atoms with E-state index in [0.717, 1.165) is 24.7 Å². The third-order valence-electron chi connectivity index (χ3n) is 3.64. The molecule has 0 spiro atoms. The summed E-state index contributed by atoms with van der Waals surface area (Å²) in [6.45, 7) is 3.38. The molecule has 1 aromatic heterocycles. The van der Waals surface area contributed by atoms with Crippen molar-refractivity contribution in [2.75, 3.05) is 11.5 Å². The lowest BCUT2D eigenvalue weighted by Gasteiger charge is -2.18. The molecule has 1 saturated heterocycles. The van der Waals surface area contributed by atoms with Crippen LogP contribution in [0.15, 0.2) is 0 Å². The Labute approximate surface area is 101 Å². The molecule has 0 aromatic carbocycles. The molecule has 3 heterocycles. The molecule has 1 aromatic rings. The van der Waals surface area contributed by atoms with Crippen LogP contribution in [0.2, 0.25) is 0 Å². The van der Waals surface area contributed by atoms with Crippen LogP contribution in [-0.2, 0) is 13.0 Å². The maximum Gasteiger partial charge on any atom is 0.154 e. The van der Waals surface area contributed by atoms with Crippen molar-refractivity contribution in [2.24, 2.45) is 5.92 Å². The Morgan fingerprint density at radius 3 is 3.12 bits per heavy atom. The molecule has 2 atom stereocenters. The van der Waals surface area contributed by atoms with Crippen LogP contribution in [0, 0.1) is 5.92 Å². The number of hydrogen-bond acceptors (Lipinski definition) is 3. The summed E-state index contributed by atoms with van der Waals surface area (Å²) in [6, 6.07) is 0. The Balaban J connectivity index is 1.80. The van der Waals surface area contributed by atoms with E-state index in [1.807, 2.05) is 0 Å². The lowest BCUT2D eigenvalue weighted by atomic mass is 10.0. The number of aryl methyl sites for hydroxylation is 1. The predicted molar refractivity (Wildman–Crippen MR) is 66.8 cm³/mol. The first-order valence-corrected chi connectivity index (χ1v) is 7.50. The summed E-state index contributed by atoms with van der Waals surface area (Å²) in [7, 11) is 0. The second-order valence-corrected chi connectivity index (χ2v) is 6.28. The molecule has 4 heteroatoms. The molecule has 0 amide bonds. The van der Waals surface area contributed by atoms with E-state index in [0.29, 0.717) is 5.92 Å². The van der Waals surface area contributed by atoms with Gasteiger partial charge in [0.25, 0.3) is 0 Å². The van der Waals surface area contributed by atoms with Crippen LogP contribution in [0.1, 0.15) is 43.8 Å². The summed E-state index contributed by atoms with van der Waals surface area (Å²) in [5.41, 5.74) is 0. The molecule has 0 aliphatic carbocycles. The van der Waals surface area contributed by atoms with Gasteiger partial charge in [0.1, 0.15) is 5.82 Å². The lowest BCUT2D eigenvalue weighted by molar-refractivity contribution is 0.366. The zero-order chi connectivity index (χ0) is 11.0. The van der Waals surface area contributed by atoms with Crippen LogP contribution in [0.3, 0.4) is 0 Å². The average Bonchev–Trinajstić information content (AvgIpc) is 2.73. The molecule has 3 nitrogen and oxygen atoms in total. The Bertz CT molecular complexity index is 368. The van der Waals surface area contributed by atoms with E-state index in [9.17, 15) is 0 Å². The van der Waals surface area contributed by atoms with Crippen LogP contribution in [0.5, 0.6) is 0 Å². The summed E-state index contributed by atoms with van der Waals surface area (Å²) in [5, 5.41) is 4.72. The fourth-order valence-electron chi connectivity index (χ4n) is 2.60. The smallest absolute Gasteiger partial charge is 0.154 e. The van der Waals surface area contributed by atoms with E-state index < -0.39 is 0 Å². The summed E-state index contributed by atoms with van der Waals surface area (Å²) in [6.07, 6.45) is 5.01. The van der Waals surface area contributed by atoms with Crippen molar-refractivity contribution in [1.29, 1.82) is 0 Å². The molecule has 88 valence electrons.